The van der Waals surface area contributed by atoms with Gasteiger partial charge in [0.25, 0.3) is 0 Å². The minimum atomic E-state index is -0.467. The highest BCUT2D eigenvalue weighted by atomic mass is 19.1. The van der Waals surface area contributed by atoms with E-state index in [9.17, 15) is 14.0 Å². The smallest absolute Gasteiger partial charge is 0.321 e. The summed E-state index contributed by atoms with van der Waals surface area (Å²) in [5.74, 6) is 0.113. The van der Waals surface area contributed by atoms with Gasteiger partial charge in [0, 0.05) is 31.2 Å². The summed E-state index contributed by atoms with van der Waals surface area (Å²) in [5.41, 5.74) is 0.743. The van der Waals surface area contributed by atoms with Crippen molar-refractivity contribution in [1.29, 1.82) is 0 Å². The number of amides is 3. The molecule has 1 aromatic rings. The van der Waals surface area contributed by atoms with E-state index < -0.39 is 5.82 Å². The van der Waals surface area contributed by atoms with Crippen molar-refractivity contribution in [2.75, 3.05) is 23.3 Å². The third kappa shape index (κ3) is 3.10. The second-order valence-electron chi connectivity index (χ2n) is 7.34. The van der Waals surface area contributed by atoms with Crippen molar-refractivity contribution < 1.29 is 14.0 Å². The number of halogens is 1. The predicted molar refractivity (Wildman–Crippen MR) is 94.1 cm³/mol. The number of urea groups is 1. The van der Waals surface area contributed by atoms with Crippen LogP contribution in [0.25, 0.3) is 0 Å². The predicted octanol–water partition coefficient (Wildman–Crippen LogP) is 3.75. The number of likely N-dealkylation sites (tertiary alicyclic amines) is 1. The van der Waals surface area contributed by atoms with Crippen LogP contribution in [0.15, 0.2) is 18.2 Å². The summed E-state index contributed by atoms with van der Waals surface area (Å²) in [6.45, 7) is 1.33. The summed E-state index contributed by atoms with van der Waals surface area (Å²) >= 11 is 0. The van der Waals surface area contributed by atoms with Crippen molar-refractivity contribution in [2.45, 2.75) is 51.0 Å². The highest BCUT2D eigenvalue weighted by Gasteiger charge is 2.37. The lowest BCUT2D eigenvalue weighted by Crippen LogP contribution is -2.48. The fourth-order valence-electron chi connectivity index (χ4n) is 4.61. The van der Waals surface area contributed by atoms with E-state index in [4.69, 9.17) is 0 Å². The fourth-order valence-corrected chi connectivity index (χ4v) is 4.61. The average molecular weight is 345 g/mol. The molecule has 134 valence electrons. The number of anilines is 2. The van der Waals surface area contributed by atoms with E-state index in [1.165, 1.54) is 30.2 Å². The Labute approximate surface area is 147 Å². The molecule has 0 bridgehead atoms. The Morgan fingerprint density at radius 3 is 2.72 bits per heavy atom. The van der Waals surface area contributed by atoms with Crippen LogP contribution in [0.2, 0.25) is 0 Å². The summed E-state index contributed by atoms with van der Waals surface area (Å²) in [5, 5.41) is 2.84. The van der Waals surface area contributed by atoms with Crippen LogP contribution < -0.4 is 10.2 Å². The monoisotopic (exact) mass is 345 g/mol. The number of piperidine rings is 1. The van der Waals surface area contributed by atoms with Crippen LogP contribution in [0.4, 0.5) is 20.6 Å². The molecule has 0 spiro atoms. The molecule has 2 atom stereocenters. The molecule has 1 N–H and O–H groups in total. The molecule has 1 aliphatic carbocycles. The van der Waals surface area contributed by atoms with Crippen molar-refractivity contribution in [3.63, 3.8) is 0 Å². The second kappa shape index (κ2) is 6.65. The standard InChI is InChI=1S/C19H24FN3O2/c20-15-12-14(8-9-17(15)22-10-3-7-18(22)24)21-19(25)23-11-2-5-13-4-1-6-16(13)23/h8-9,12-13,16H,1-7,10-11H2,(H,21,25)/t13-,16-/m0/s1. The number of hydrogen-bond acceptors (Lipinski definition) is 2. The Hall–Kier alpha value is -2.11. The van der Waals surface area contributed by atoms with Gasteiger partial charge in [-0.3, -0.25) is 4.79 Å². The van der Waals surface area contributed by atoms with E-state index in [2.05, 4.69) is 5.32 Å². The van der Waals surface area contributed by atoms with Gasteiger partial charge in [-0.1, -0.05) is 6.42 Å². The molecule has 1 saturated carbocycles. The molecule has 2 aliphatic heterocycles. The van der Waals surface area contributed by atoms with Gasteiger partial charge in [0.2, 0.25) is 5.91 Å². The van der Waals surface area contributed by atoms with Crippen molar-refractivity contribution in [1.82, 2.24) is 4.90 Å². The minimum absolute atomic E-state index is 0.0451. The van der Waals surface area contributed by atoms with E-state index in [0.717, 1.165) is 25.8 Å². The maximum atomic E-state index is 14.4. The van der Waals surface area contributed by atoms with E-state index in [-0.39, 0.29) is 11.9 Å². The quantitative estimate of drug-likeness (QED) is 0.887. The number of carbonyl (C=O) groups is 2. The molecule has 25 heavy (non-hydrogen) atoms. The molecule has 3 aliphatic rings. The average Bonchev–Trinajstić information content (AvgIpc) is 3.23. The minimum Gasteiger partial charge on any atom is -0.321 e. The topological polar surface area (TPSA) is 52.7 Å². The van der Waals surface area contributed by atoms with Crippen molar-refractivity contribution in [2.24, 2.45) is 5.92 Å². The molecule has 5 nitrogen and oxygen atoms in total. The Bertz CT molecular complexity index is 693. The number of benzene rings is 1. The second-order valence-corrected chi connectivity index (χ2v) is 7.34. The molecule has 2 saturated heterocycles. The molecule has 0 aromatic heterocycles. The highest BCUT2D eigenvalue weighted by Crippen LogP contribution is 2.37. The first-order chi connectivity index (χ1) is 12.1. The molecule has 3 amide bonds. The van der Waals surface area contributed by atoms with Gasteiger partial charge in [-0.25, -0.2) is 9.18 Å². The lowest BCUT2D eigenvalue weighted by atomic mass is 9.92. The van der Waals surface area contributed by atoms with Gasteiger partial charge < -0.3 is 15.1 Å². The molecule has 2 heterocycles. The van der Waals surface area contributed by atoms with Crippen LogP contribution in [0.3, 0.4) is 0 Å². The zero-order chi connectivity index (χ0) is 17.4. The lowest BCUT2D eigenvalue weighted by Gasteiger charge is -2.37. The first-order valence-electron chi connectivity index (χ1n) is 9.31. The van der Waals surface area contributed by atoms with Gasteiger partial charge in [0.05, 0.1) is 5.69 Å². The SMILES string of the molecule is O=C1CCCN1c1ccc(NC(=O)N2CCC[C@@H]3CCC[C@@H]32)cc1F. The Kier molecular flexibility index (Phi) is 4.36. The largest absolute Gasteiger partial charge is 0.322 e. The van der Waals surface area contributed by atoms with Crippen molar-refractivity contribution in [3.05, 3.63) is 24.0 Å². The van der Waals surface area contributed by atoms with Crippen LogP contribution in [-0.4, -0.2) is 36.0 Å². The molecule has 1 aromatic carbocycles. The lowest BCUT2D eigenvalue weighted by molar-refractivity contribution is -0.117. The van der Waals surface area contributed by atoms with Gasteiger partial charge in [-0.05, 0) is 56.2 Å². The first kappa shape index (κ1) is 16.4. The maximum Gasteiger partial charge on any atom is 0.322 e. The normalized spacial score (nSPS) is 26.0. The van der Waals surface area contributed by atoms with Gasteiger partial charge in [0.1, 0.15) is 5.82 Å². The van der Waals surface area contributed by atoms with Crippen molar-refractivity contribution >= 4 is 23.3 Å². The highest BCUT2D eigenvalue weighted by molar-refractivity contribution is 5.96. The van der Waals surface area contributed by atoms with Gasteiger partial charge >= 0.3 is 6.03 Å². The summed E-state index contributed by atoms with van der Waals surface area (Å²) in [7, 11) is 0. The van der Waals surface area contributed by atoms with Gasteiger partial charge in [0.15, 0.2) is 0 Å². The number of nitrogens with zero attached hydrogens (tertiary/aromatic N) is 2. The van der Waals surface area contributed by atoms with E-state index >= 15 is 0 Å². The fraction of sp³-hybridized carbons (Fsp3) is 0.579. The summed E-state index contributed by atoms with van der Waals surface area (Å²) in [4.78, 5) is 27.8. The van der Waals surface area contributed by atoms with E-state index in [1.54, 1.807) is 12.1 Å². The van der Waals surface area contributed by atoms with E-state index in [0.29, 0.717) is 36.3 Å². The first-order valence-corrected chi connectivity index (χ1v) is 9.31. The van der Waals surface area contributed by atoms with Crippen LogP contribution in [0, 0.1) is 11.7 Å². The number of nitrogens with one attached hydrogen (secondary N) is 1. The molecule has 6 heteroatoms. The van der Waals surface area contributed by atoms with Crippen LogP contribution in [-0.2, 0) is 4.79 Å². The van der Waals surface area contributed by atoms with Gasteiger partial charge in [-0.15, -0.1) is 0 Å². The van der Waals surface area contributed by atoms with Crippen LogP contribution in [0.5, 0.6) is 0 Å². The number of fused-ring (bicyclic) bond motifs is 1. The zero-order valence-corrected chi connectivity index (χ0v) is 14.3. The molecule has 0 radical (unpaired) electrons. The molecule has 4 rings (SSSR count). The van der Waals surface area contributed by atoms with Gasteiger partial charge in [-0.2, -0.15) is 0 Å². The number of carbonyl (C=O) groups excluding carboxylic acids is 2. The Morgan fingerprint density at radius 2 is 1.96 bits per heavy atom. The molecule has 0 unspecified atom stereocenters. The third-order valence-corrected chi connectivity index (χ3v) is 5.82. The molecular formula is C19H24FN3O2. The van der Waals surface area contributed by atoms with Crippen LogP contribution >= 0.6 is 0 Å². The number of hydrogen-bond donors (Lipinski definition) is 1. The summed E-state index contributed by atoms with van der Waals surface area (Å²) < 4.78 is 14.4. The molecule has 3 fully saturated rings. The van der Waals surface area contributed by atoms with E-state index in [1.807, 2.05) is 4.90 Å². The Balaban J connectivity index is 1.46. The van der Waals surface area contributed by atoms with Crippen LogP contribution in [0.1, 0.15) is 44.9 Å². The zero-order valence-electron chi connectivity index (χ0n) is 14.3. The summed E-state index contributed by atoms with van der Waals surface area (Å²) in [6, 6.07) is 4.77. The number of rotatable bonds is 2. The summed E-state index contributed by atoms with van der Waals surface area (Å²) in [6.07, 6.45) is 6.95. The maximum absolute atomic E-state index is 14.4. The Morgan fingerprint density at radius 1 is 1.12 bits per heavy atom. The van der Waals surface area contributed by atoms with Crippen molar-refractivity contribution in [3.8, 4) is 0 Å². The molecular weight excluding hydrogens is 321 g/mol. The third-order valence-electron chi connectivity index (χ3n) is 5.82.